The van der Waals surface area contributed by atoms with Crippen LogP contribution in [-0.4, -0.2) is 8.42 Å². The zero-order chi connectivity index (χ0) is 16.2. The summed E-state index contributed by atoms with van der Waals surface area (Å²) in [5.74, 6) is 0. The Morgan fingerprint density at radius 1 is 1.00 bits per heavy atom. The van der Waals surface area contributed by atoms with Crippen LogP contribution < -0.4 is 4.72 Å². The first kappa shape index (κ1) is 16.7. The lowest BCUT2D eigenvalue weighted by atomic mass is 10.2. The Morgan fingerprint density at radius 3 is 2.00 bits per heavy atom. The van der Waals surface area contributed by atoms with Crippen LogP contribution in [0.25, 0.3) is 6.08 Å². The summed E-state index contributed by atoms with van der Waals surface area (Å²) in [5.41, 5.74) is 1.01. The van der Waals surface area contributed by atoms with Crippen molar-refractivity contribution < 1.29 is 8.42 Å². The van der Waals surface area contributed by atoms with Crippen LogP contribution in [0.15, 0.2) is 62.4 Å². The van der Waals surface area contributed by atoms with E-state index < -0.39 is 10.0 Å². The van der Waals surface area contributed by atoms with Gasteiger partial charge in [-0.15, -0.1) is 0 Å². The quantitative estimate of drug-likeness (QED) is 0.709. The summed E-state index contributed by atoms with van der Waals surface area (Å²) in [7, 11) is -3.92. The van der Waals surface area contributed by atoms with E-state index in [1.54, 1.807) is 54.6 Å². The molecule has 0 fully saturated rings. The molecule has 22 heavy (non-hydrogen) atoms. The minimum Gasteiger partial charge on any atom is -0.279 e. The van der Waals surface area contributed by atoms with Crippen LogP contribution in [-0.2, 0) is 10.0 Å². The average Bonchev–Trinajstić information content (AvgIpc) is 2.48. The molecular formula is C15H10Br2N2O2S. The lowest BCUT2D eigenvalue weighted by Gasteiger charge is -2.07. The van der Waals surface area contributed by atoms with Crippen molar-refractivity contribution in [1.29, 1.82) is 5.26 Å². The normalized spacial score (nSPS) is 11.8. The fourth-order valence-electron chi connectivity index (χ4n) is 1.61. The van der Waals surface area contributed by atoms with Crippen LogP contribution in [0, 0.1) is 11.3 Å². The molecule has 0 heterocycles. The van der Waals surface area contributed by atoms with Crippen molar-refractivity contribution in [1.82, 2.24) is 0 Å². The Hall–Kier alpha value is -1.62. The molecule has 7 heteroatoms. The Kier molecular flexibility index (Phi) is 5.40. The molecule has 0 aliphatic rings. The van der Waals surface area contributed by atoms with Crippen molar-refractivity contribution in [3.8, 4) is 6.07 Å². The van der Waals surface area contributed by atoms with Crippen molar-refractivity contribution in [3.63, 3.8) is 0 Å². The number of halogens is 2. The monoisotopic (exact) mass is 440 g/mol. The van der Waals surface area contributed by atoms with E-state index in [1.807, 2.05) is 0 Å². The number of hydrogen-bond acceptors (Lipinski definition) is 3. The molecule has 0 aliphatic heterocycles. The molecule has 0 radical (unpaired) electrons. The van der Waals surface area contributed by atoms with E-state index in [0.717, 1.165) is 8.95 Å². The van der Waals surface area contributed by atoms with Gasteiger partial charge in [0.2, 0.25) is 0 Å². The predicted octanol–water partition coefficient (Wildman–Crippen LogP) is 4.52. The van der Waals surface area contributed by atoms with Gasteiger partial charge in [0.05, 0.1) is 0 Å². The Bertz CT molecular complexity index is 837. The summed E-state index contributed by atoms with van der Waals surface area (Å²) in [6, 6.07) is 15.3. The minimum atomic E-state index is -3.92. The number of nitriles is 1. The second-order valence-corrected chi connectivity index (χ2v) is 7.77. The number of hydrogen-bond donors (Lipinski definition) is 1. The van der Waals surface area contributed by atoms with E-state index in [4.69, 9.17) is 5.26 Å². The third-order valence-corrected chi connectivity index (χ3v) is 5.01. The standard InChI is InChI=1S/C15H10Br2N2O2S/c16-12-3-1-11(2-4-12)9-15(10-18)22(20,21)19-14-7-5-13(17)6-8-14/h1-9,19H. The van der Waals surface area contributed by atoms with Gasteiger partial charge in [0.25, 0.3) is 10.0 Å². The van der Waals surface area contributed by atoms with Crippen molar-refractivity contribution in [3.05, 3.63) is 67.9 Å². The molecule has 0 saturated heterocycles. The molecule has 2 aromatic carbocycles. The van der Waals surface area contributed by atoms with E-state index in [2.05, 4.69) is 36.6 Å². The molecule has 2 aromatic rings. The third kappa shape index (κ3) is 4.44. The molecule has 0 spiro atoms. The number of sulfonamides is 1. The first-order valence-corrected chi connectivity index (χ1v) is 9.13. The number of rotatable bonds is 4. The summed E-state index contributed by atoms with van der Waals surface area (Å²) < 4.78 is 28.6. The highest BCUT2D eigenvalue weighted by atomic mass is 79.9. The van der Waals surface area contributed by atoms with Gasteiger partial charge in [-0.3, -0.25) is 4.72 Å². The van der Waals surface area contributed by atoms with E-state index in [0.29, 0.717) is 11.3 Å². The zero-order valence-corrected chi connectivity index (χ0v) is 15.1. The van der Waals surface area contributed by atoms with Crippen LogP contribution in [0.1, 0.15) is 5.56 Å². The van der Waals surface area contributed by atoms with E-state index >= 15 is 0 Å². The molecule has 4 nitrogen and oxygen atoms in total. The molecule has 0 saturated carbocycles. The van der Waals surface area contributed by atoms with Crippen LogP contribution in [0.5, 0.6) is 0 Å². The number of nitrogens with one attached hydrogen (secondary N) is 1. The largest absolute Gasteiger partial charge is 0.279 e. The third-order valence-electron chi connectivity index (χ3n) is 2.66. The van der Waals surface area contributed by atoms with Gasteiger partial charge in [-0.05, 0) is 48.0 Å². The van der Waals surface area contributed by atoms with Crippen LogP contribution in [0.3, 0.4) is 0 Å². The maximum absolute atomic E-state index is 12.3. The first-order chi connectivity index (χ1) is 10.4. The van der Waals surface area contributed by atoms with E-state index in [-0.39, 0.29) is 4.91 Å². The fraction of sp³-hybridized carbons (Fsp3) is 0. The highest BCUT2D eigenvalue weighted by Crippen LogP contribution is 2.20. The molecule has 0 unspecified atom stereocenters. The van der Waals surface area contributed by atoms with Gasteiger partial charge >= 0.3 is 0 Å². The summed E-state index contributed by atoms with van der Waals surface area (Å²) in [5, 5.41) is 9.15. The molecule has 0 aliphatic carbocycles. The number of allylic oxidation sites excluding steroid dienone is 1. The highest BCUT2D eigenvalue weighted by Gasteiger charge is 2.17. The van der Waals surface area contributed by atoms with Gasteiger partial charge in [0.1, 0.15) is 6.07 Å². The SMILES string of the molecule is N#CC(=Cc1ccc(Br)cc1)S(=O)(=O)Nc1ccc(Br)cc1. The number of anilines is 1. The predicted molar refractivity (Wildman–Crippen MR) is 94.4 cm³/mol. The molecule has 112 valence electrons. The van der Waals surface area contributed by atoms with Gasteiger partial charge in [-0.2, -0.15) is 5.26 Å². The van der Waals surface area contributed by atoms with E-state index in [9.17, 15) is 8.42 Å². The fourth-order valence-corrected chi connectivity index (χ4v) is 3.10. The van der Waals surface area contributed by atoms with Gasteiger partial charge in [0, 0.05) is 14.6 Å². The Balaban J connectivity index is 2.31. The topological polar surface area (TPSA) is 70.0 Å². The summed E-state index contributed by atoms with van der Waals surface area (Å²) in [6.07, 6.45) is 1.33. The molecular weight excluding hydrogens is 432 g/mol. The molecule has 1 N–H and O–H groups in total. The second kappa shape index (κ2) is 7.09. The maximum Gasteiger partial charge on any atom is 0.272 e. The lowest BCUT2D eigenvalue weighted by Crippen LogP contribution is -2.14. The highest BCUT2D eigenvalue weighted by molar-refractivity contribution is 9.10. The van der Waals surface area contributed by atoms with Gasteiger partial charge < -0.3 is 0 Å². The molecule has 0 bridgehead atoms. The van der Waals surface area contributed by atoms with E-state index in [1.165, 1.54) is 6.08 Å². The molecule has 0 aromatic heterocycles. The average molecular weight is 442 g/mol. The van der Waals surface area contributed by atoms with Crippen molar-refractivity contribution in [2.24, 2.45) is 0 Å². The van der Waals surface area contributed by atoms with Gasteiger partial charge in [0.15, 0.2) is 4.91 Å². The lowest BCUT2D eigenvalue weighted by molar-refractivity contribution is 0.608. The maximum atomic E-state index is 12.3. The Morgan fingerprint density at radius 2 is 1.50 bits per heavy atom. The van der Waals surface area contributed by atoms with Crippen LogP contribution >= 0.6 is 31.9 Å². The smallest absolute Gasteiger partial charge is 0.272 e. The summed E-state index contributed by atoms with van der Waals surface area (Å²) in [4.78, 5) is -0.349. The van der Waals surface area contributed by atoms with Gasteiger partial charge in [-0.25, -0.2) is 8.42 Å². The van der Waals surface area contributed by atoms with Gasteiger partial charge in [-0.1, -0.05) is 44.0 Å². The van der Waals surface area contributed by atoms with Crippen molar-refractivity contribution >= 4 is 53.6 Å². The summed E-state index contributed by atoms with van der Waals surface area (Å²) in [6.45, 7) is 0. The molecule has 0 atom stereocenters. The van der Waals surface area contributed by atoms with Crippen LogP contribution in [0.2, 0.25) is 0 Å². The minimum absolute atomic E-state index is 0.349. The zero-order valence-electron chi connectivity index (χ0n) is 11.1. The first-order valence-electron chi connectivity index (χ1n) is 6.06. The van der Waals surface area contributed by atoms with Crippen LogP contribution in [0.4, 0.5) is 5.69 Å². The number of nitrogens with zero attached hydrogens (tertiary/aromatic N) is 1. The van der Waals surface area contributed by atoms with Crippen molar-refractivity contribution in [2.45, 2.75) is 0 Å². The molecule has 2 rings (SSSR count). The molecule has 0 amide bonds. The summed E-state index contributed by atoms with van der Waals surface area (Å²) >= 11 is 6.57. The van der Waals surface area contributed by atoms with Crippen molar-refractivity contribution in [2.75, 3.05) is 4.72 Å². The number of benzene rings is 2. The second-order valence-electron chi connectivity index (χ2n) is 4.28. The Labute approximate surface area is 145 Å².